The van der Waals surface area contributed by atoms with Crippen molar-refractivity contribution in [3.63, 3.8) is 0 Å². The topological polar surface area (TPSA) is 0 Å². The summed E-state index contributed by atoms with van der Waals surface area (Å²) in [6, 6.07) is 0. The van der Waals surface area contributed by atoms with Gasteiger partial charge in [-0.2, -0.15) is 17.5 Å². The van der Waals surface area contributed by atoms with Crippen LogP contribution in [0.15, 0.2) is 0 Å². The van der Waals surface area contributed by atoms with E-state index in [2.05, 4.69) is 41.5 Å². The molecule has 0 aromatic rings. The van der Waals surface area contributed by atoms with Crippen LogP contribution >= 0.6 is 0 Å². The van der Waals surface area contributed by atoms with Crippen molar-refractivity contribution in [3.05, 3.63) is 0 Å². The molecule has 0 aliphatic heterocycles. The van der Waals surface area contributed by atoms with Gasteiger partial charge in [-0.3, -0.25) is 0 Å². The van der Waals surface area contributed by atoms with Crippen LogP contribution in [-0.4, -0.2) is 6.71 Å². The first-order valence-corrected chi connectivity index (χ1v) is 6.08. The first-order valence-electron chi connectivity index (χ1n) is 6.08. The van der Waals surface area contributed by atoms with E-state index in [0.717, 1.165) is 24.2 Å². The van der Waals surface area contributed by atoms with Gasteiger partial charge in [0.1, 0.15) is 0 Å². The predicted molar refractivity (Wildman–Crippen MR) is 64.9 cm³/mol. The van der Waals surface area contributed by atoms with Gasteiger partial charge in [-0.15, -0.1) is 6.71 Å². The van der Waals surface area contributed by atoms with Gasteiger partial charge in [0.05, 0.1) is 0 Å². The molecule has 0 spiro atoms. The Bertz CT molecular complexity index is 104. The molecule has 3 atom stereocenters. The Hall–Kier alpha value is 1.70. The second-order valence-electron chi connectivity index (χ2n) is 4.73. The minimum Gasteiger partial charge on any atom is -0.200 e. The van der Waals surface area contributed by atoms with Crippen molar-refractivity contribution in [2.45, 2.75) is 78.3 Å². The molecule has 0 saturated heterocycles. The summed E-state index contributed by atoms with van der Waals surface area (Å²) in [5.74, 6) is 2.68. The molecule has 0 rings (SSSR count). The van der Waals surface area contributed by atoms with Gasteiger partial charge in [-0.25, -0.2) is 0 Å². The molecule has 1 radical (unpaired) electrons. The maximum absolute atomic E-state index is 2.42. The zero-order valence-electron chi connectivity index (χ0n) is 11.4. The summed E-state index contributed by atoms with van der Waals surface area (Å²) in [5, 5.41) is 0. The molecule has 0 heterocycles. The van der Waals surface area contributed by atoms with Crippen molar-refractivity contribution < 1.29 is 51.4 Å². The molecular formula is C12H27BK. The van der Waals surface area contributed by atoms with Gasteiger partial charge in [0, 0.05) is 0 Å². The standard InChI is InChI=1S/C12H27B.K/c1-7-10(4)13(11(5)8-2)12(6)9-3;/h10-12H,7-9H2,1-6H3;/q-1;+1. The van der Waals surface area contributed by atoms with Gasteiger partial charge < -0.3 is 0 Å². The molecule has 0 fully saturated rings. The molecule has 0 aromatic carbocycles. The second kappa shape index (κ2) is 9.89. The fourth-order valence-corrected chi connectivity index (χ4v) is 2.50. The quantitative estimate of drug-likeness (QED) is 0.601. The maximum atomic E-state index is 2.42. The Kier molecular flexibility index (Phi) is 12.8. The number of rotatable bonds is 6. The molecule has 79 valence electrons. The summed E-state index contributed by atoms with van der Waals surface area (Å²) in [4.78, 5) is 0. The number of hydrogen-bond acceptors (Lipinski definition) is 0. The van der Waals surface area contributed by atoms with Gasteiger partial charge in [0.2, 0.25) is 0 Å². The predicted octanol–water partition coefficient (Wildman–Crippen LogP) is 1.89. The molecular weight excluding hydrogens is 194 g/mol. The normalized spacial score (nSPS) is 17.4. The average molecular weight is 221 g/mol. The fraction of sp³-hybridized carbons (Fsp3) is 1.00. The van der Waals surface area contributed by atoms with Crippen molar-refractivity contribution in [2.75, 3.05) is 0 Å². The molecule has 14 heavy (non-hydrogen) atoms. The van der Waals surface area contributed by atoms with Crippen molar-refractivity contribution in [2.24, 2.45) is 0 Å². The Balaban J connectivity index is 0. The molecule has 3 unspecified atom stereocenters. The third-order valence-corrected chi connectivity index (χ3v) is 3.90. The molecule has 0 bridgehead atoms. The van der Waals surface area contributed by atoms with Crippen LogP contribution in [0.3, 0.4) is 0 Å². The molecule has 0 aliphatic carbocycles. The Morgan fingerprint density at radius 3 is 1.07 bits per heavy atom. The molecule has 0 saturated carbocycles. The second-order valence-corrected chi connectivity index (χ2v) is 4.73. The molecule has 0 nitrogen and oxygen atoms in total. The average Bonchev–Trinajstić information content (AvgIpc) is 2.16. The van der Waals surface area contributed by atoms with E-state index < -0.39 is 0 Å². The summed E-state index contributed by atoms with van der Waals surface area (Å²) >= 11 is 0. The minimum absolute atomic E-state index is 0. The summed E-state index contributed by atoms with van der Waals surface area (Å²) in [6.45, 7) is 15.2. The van der Waals surface area contributed by atoms with E-state index in [9.17, 15) is 0 Å². The zero-order valence-corrected chi connectivity index (χ0v) is 14.6. The largest absolute Gasteiger partial charge is 1.00 e. The first-order chi connectivity index (χ1) is 6.08. The monoisotopic (exact) mass is 221 g/mol. The molecule has 0 amide bonds. The van der Waals surface area contributed by atoms with E-state index in [1.54, 1.807) is 0 Å². The van der Waals surface area contributed by atoms with E-state index in [0.29, 0.717) is 0 Å². The molecule has 0 aromatic heterocycles. The van der Waals surface area contributed by atoms with Crippen molar-refractivity contribution in [1.82, 2.24) is 0 Å². The van der Waals surface area contributed by atoms with E-state index in [4.69, 9.17) is 0 Å². The van der Waals surface area contributed by atoms with Crippen molar-refractivity contribution in [1.29, 1.82) is 0 Å². The zero-order chi connectivity index (χ0) is 10.4. The van der Waals surface area contributed by atoms with Gasteiger partial charge >= 0.3 is 51.4 Å². The van der Waals surface area contributed by atoms with E-state index >= 15 is 0 Å². The van der Waals surface area contributed by atoms with E-state index in [-0.39, 0.29) is 51.4 Å². The maximum Gasteiger partial charge on any atom is 1.00 e. The van der Waals surface area contributed by atoms with Crippen LogP contribution in [0.1, 0.15) is 60.8 Å². The summed E-state index contributed by atoms with van der Waals surface area (Å²) in [6.07, 6.45) is 4.00. The molecule has 0 aliphatic rings. The van der Waals surface area contributed by atoms with Crippen LogP contribution < -0.4 is 51.4 Å². The van der Waals surface area contributed by atoms with Gasteiger partial charge in [0.25, 0.3) is 0 Å². The van der Waals surface area contributed by atoms with Gasteiger partial charge in [-0.05, 0) is 0 Å². The van der Waals surface area contributed by atoms with E-state index in [1.165, 1.54) is 19.3 Å². The summed E-state index contributed by atoms with van der Waals surface area (Å²) < 4.78 is 0. The third kappa shape index (κ3) is 5.69. The van der Waals surface area contributed by atoms with Crippen molar-refractivity contribution in [3.8, 4) is 0 Å². The van der Waals surface area contributed by atoms with Crippen molar-refractivity contribution >= 4 is 6.71 Å². The summed E-state index contributed by atoms with van der Waals surface area (Å²) in [5.41, 5.74) is 0. The van der Waals surface area contributed by atoms with Gasteiger partial charge in [0.15, 0.2) is 0 Å². The minimum atomic E-state index is 0. The Morgan fingerprint density at radius 1 is 0.714 bits per heavy atom. The molecule has 2 heteroatoms. The van der Waals surface area contributed by atoms with Gasteiger partial charge in [-0.1, -0.05) is 60.8 Å². The van der Waals surface area contributed by atoms with Crippen LogP contribution in [0.4, 0.5) is 0 Å². The number of hydrogen-bond donors (Lipinski definition) is 0. The van der Waals surface area contributed by atoms with Crippen LogP contribution in [-0.2, 0) is 0 Å². The smallest absolute Gasteiger partial charge is 0.200 e. The Morgan fingerprint density at radius 2 is 0.929 bits per heavy atom. The van der Waals surface area contributed by atoms with E-state index in [1.807, 2.05) is 0 Å². The van der Waals surface area contributed by atoms with Crippen LogP contribution in [0, 0.1) is 0 Å². The Labute approximate surface area is 134 Å². The SMILES string of the molecule is CCC(C)[B-](C(C)CC)C(C)CC.[K+]. The third-order valence-electron chi connectivity index (χ3n) is 3.90. The summed E-state index contributed by atoms with van der Waals surface area (Å²) in [7, 11) is 0. The first kappa shape index (κ1) is 18.1. The van der Waals surface area contributed by atoms with Crippen LogP contribution in [0.25, 0.3) is 0 Å². The fourth-order valence-electron chi connectivity index (χ4n) is 2.50. The van der Waals surface area contributed by atoms with Crippen LogP contribution in [0.5, 0.6) is 0 Å². The molecule has 0 N–H and O–H groups in total. The van der Waals surface area contributed by atoms with Crippen LogP contribution in [0.2, 0.25) is 17.5 Å².